The van der Waals surface area contributed by atoms with Gasteiger partial charge in [-0.3, -0.25) is 0 Å². The number of nitrogens with zero attached hydrogens (tertiary/aromatic N) is 2. The molecule has 0 radical (unpaired) electrons. The summed E-state index contributed by atoms with van der Waals surface area (Å²) >= 11 is 0. The van der Waals surface area contributed by atoms with E-state index < -0.39 is 0 Å². The molecule has 0 N–H and O–H groups in total. The van der Waals surface area contributed by atoms with Gasteiger partial charge in [-0.15, -0.1) is 0 Å². The summed E-state index contributed by atoms with van der Waals surface area (Å²) in [6.07, 6.45) is -0.139. The van der Waals surface area contributed by atoms with E-state index in [1.54, 1.807) is 0 Å². The molecular weight excluding hydrogens is 891 g/mol. The predicted octanol–water partition coefficient (Wildman–Crippen LogP) is 5.77. The summed E-state index contributed by atoms with van der Waals surface area (Å²) in [5.41, 5.74) is 14.0. The first-order valence-electron chi connectivity index (χ1n) is 17.8. The number of aryl methyl sites for hydroxylation is 4. The summed E-state index contributed by atoms with van der Waals surface area (Å²) in [5.74, 6) is 1.28. The van der Waals surface area contributed by atoms with Crippen molar-refractivity contribution in [1.29, 1.82) is 0 Å². The van der Waals surface area contributed by atoms with Gasteiger partial charge in [0.05, 0.1) is 6.42 Å². The molecule has 2 heterocycles. The van der Waals surface area contributed by atoms with Gasteiger partial charge in [0.15, 0.2) is 24.0 Å². The van der Waals surface area contributed by atoms with E-state index in [1.807, 2.05) is 0 Å². The van der Waals surface area contributed by atoms with Crippen LogP contribution < -0.4 is 34.0 Å². The van der Waals surface area contributed by atoms with Crippen molar-refractivity contribution >= 4 is 11.8 Å². The van der Waals surface area contributed by atoms with Gasteiger partial charge in [-0.25, -0.2) is 9.98 Å². The van der Waals surface area contributed by atoms with Crippen LogP contribution in [-0.2, 0) is 29.9 Å². The second-order valence-corrected chi connectivity index (χ2v) is 14.0. The van der Waals surface area contributed by atoms with Gasteiger partial charge in [0.1, 0.15) is 12.1 Å². The molecule has 0 aromatic heterocycles. The number of benzene rings is 6. The van der Waals surface area contributed by atoms with Gasteiger partial charge in [0.25, 0.3) is 0 Å². The third kappa shape index (κ3) is 9.04. The van der Waals surface area contributed by atoms with Gasteiger partial charge in [0, 0.05) is 0 Å². The number of aliphatic imine (C=N–C) groups is 2. The molecule has 6 aromatic rings. The summed E-state index contributed by atoms with van der Waals surface area (Å²) < 4.78 is 13.5. The standard InChI is InChI=1S/C47H42N2O2.2BrH.Pd/c1-30-11-5-15-34(23-30)36-17-9-19-38(27-36)44-46(40-21-7-13-32(3)25-40)50-42(48-44)29-43-49-45(47(51-43)41-22-8-14-33(4)26-41)39-20-10-18-37(28-39)35-16-6-12-31(2)24-35;;;/h5-28,44-47H,29H2,1-4H3;2*1H;/q;;;+2/p-2/t44-,45-,46?,47?;;;/m1.../s1. The van der Waals surface area contributed by atoms with Crippen molar-refractivity contribution in [3.05, 3.63) is 190 Å². The maximum Gasteiger partial charge on any atom is 2.00 e. The van der Waals surface area contributed by atoms with Crippen molar-refractivity contribution in [2.24, 2.45) is 9.98 Å². The first-order chi connectivity index (χ1) is 24.9. The number of ether oxygens (including phenoxy) is 2. The fourth-order valence-electron chi connectivity index (χ4n) is 7.38. The van der Waals surface area contributed by atoms with Gasteiger partial charge < -0.3 is 43.4 Å². The number of hydrogen-bond acceptors (Lipinski definition) is 4. The quantitative estimate of drug-likeness (QED) is 0.182. The fourth-order valence-corrected chi connectivity index (χ4v) is 7.38. The zero-order valence-electron chi connectivity index (χ0n) is 30.7. The number of halogens is 2. The minimum Gasteiger partial charge on any atom is -1.00 e. The average Bonchev–Trinajstić information content (AvgIpc) is 3.77. The Labute approximate surface area is 354 Å². The zero-order chi connectivity index (χ0) is 34.9. The van der Waals surface area contributed by atoms with E-state index >= 15 is 0 Å². The van der Waals surface area contributed by atoms with E-state index in [0.29, 0.717) is 18.2 Å². The molecule has 0 amide bonds. The molecule has 0 fully saturated rings. The Morgan fingerprint density at radius 3 is 1.09 bits per heavy atom. The van der Waals surface area contributed by atoms with Crippen LogP contribution in [0.2, 0.25) is 0 Å². The van der Waals surface area contributed by atoms with Gasteiger partial charge in [0.2, 0.25) is 0 Å². The maximum absolute atomic E-state index is 6.77. The van der Waals surface area contributed by atoms with Crippen LogP contribution in [0.3, 0.4) is 0 Å². The summed E-state index contributed by atoms with van der Waals surface area (Å²) in [6, 6.07) is 51.4. The van der Waals surface area contributed by atoms with Gasteiger partial charge in [-0.05, 0) is 84.3 Å². The topological polar surface area (TPSA) is 43.2 Å². The van der Waals surface area contributed by atoms with E-state index in [1.165, 1.54) is 44.5 Å². The molecule has 6 aromatic carbocycles. The molecule has 0 spiro atoms. The largest absolute Gasteiger partial charge is 2.00 e. The van der Waals surface area contributed by atoms with Crippen LogP contribution in [0.1, 0.15) is 75.2 Å². The van der Waals surface area contributed by atoms with Crippen LogP contribution in [-0.4, -0.2) is 11.8 Å². The second kappa shape index (κ2) is 18.0. The van der Waals surface area contributed by atoms with E-state index in [9.17, 15) is 0 Å². The minimum absolute atomic E-state index is 0. The fraction of sp³-hybridized carbons (Fsp3) is 0.191. The molecule has 7 heteroatoms. The number of hydrogen-bond donors (Lipinski definition) is 0. The molecule has 0 bridgehead atoms. The molecule has 2 unspecified atom stereocenters. The monoisotopic (exact) mass is 930 g/mol. The Kier molecular flexibility index (Phi) is 13.7. The van der Waals surface area contributed by atoms with Crippen molar-refractivity contribution in [3.8, 4) is 22.3 Å². The van der Waals surface area contributed by atoms with Gasteiger partial charge in [-0.2, -0.15) is 0 Å². The van der Waals surface area contributed by atoms with Crippen molar-refractivity contribution in [1.82, 2.24) is 0 Å². The van der Waals surface area contributed by atoms with Crippen LogP contribution in [0.25, 0.3) is 22.3 Å². The Morgan fingerprint density at radius 2 is 0.722 bits per heavy atom. The molecule has 0 saturated carbocycles. The summed E-state index contributed by atoms with van der Waals surface area (Å²) in [5, 5.41) is 0. The average molecular weight is 933 g/mol. The second-order valence-electron chi connectivity index (χ2n) is 14.0. The van der Waals surface area contributed by atoms with Crippen molar-refractivity contribution in [2.45, 2.75) is 58.4 Å². The Balaban J connectivity index is 0.00000187. The minimum atomic E-state index is -0.260. The predicted molar refractivity (Wildman–Crippen MR) is 208 cm³/mol. The van der Waals surface area contributed by atoms with Gasteiger partial charge in [-0.1, -0.05) is 156 Å². The van der Waals surface area contributed by atoms with Crippen LogP contribution in [0.15, 0.2) is 156 Å². The molecule has 2 aliphatic heterocycles. The first-order valence-corrected chi connectivity index (χ1v) is 17.8. The zero-order valence-corrected chi connectivity index (χ0v) is 35.4. The normalized spacial score (nSPS) is 18.5. The van der Waals surface area contributed by atoms with E-state index in [2.05, 4.69) is 173 Å². The van der Waals surface area contributed by atoms with Crippen molar-refractivity contribution in [2.75, 3.05) is 0 Å². The third-order valence-corrected chi connectivity index (χ3v) is 9.87. The smallest absolute Gasteiger partial charge is 1.00 e. The van der Waals surface area contributed by atoms with Crippen LogP contribution in [0, 0.1) is 27.7 Å². The molecule has 2 aliphatic rings. The Bertz CT molecular complexity index is 2140. The van der Waals surface area contributed by atoms with E-state index in [0.717, 1.165) is 22.3 Å². The van der Waals surface area contributed by atoms with E-state index in [4.69, 9.17) is 19.5 Å². The maximum atomic E-state index is 6.77. The van der Waals surface area contributed by atoms with Gasteiger partial charge >= 0.3 is 20.4 Å². The summed E-state index contributed by atoms with van der Waals surface area (Å²) in [6.45, 7) is 8.50. The Morgan fingerprint density at radius 1 is 0.407 bits per heavy atom. The molecule has 54 heavy (non-hydrogen) atoms. The molecular formula is C47H42Br2N2O2Pd. The van der Waals surface area contributed by atoms with Crippen LogP contribution in [0.5, 0.6) is 0 Å². The SMILES string of the molecule is Cc1cccc(-c2cccc([C@H]3N=C(CC4=N[C@H](c5cccc(-c6cccc(C)c6)c5)C(c5cccc(C)c5)O4)OC3c3cccc(C)c3)c2)c1.[Br-].[Br-].[Pd+2]. The molecule has 4 atom stereocenters. The van der Waals surface area contributed by atoms with E-state index in [-0.39, 0.29) is 78.7 Å². The first kappa shape index (κ1) is 41.1. The molecule has 0 saturated heterocycles. The summed E-state index contributed by atoms with van der Waals surface area (Å²) in [7, 11) is 0. The molecule has 276 valence electrons. The molecule has 8 rings (SSSR count). The van der Waals surface area contributed by atoms with Crippen molar-refractivity contribution in [3.63, 3.8) is 0 Å². The van der Waals surface area contributed by atoms with Crippen molar-refractivity contribution < 1.29 is 63.9 Å². The molecule has 0 aliphatic carbocycles. The van der Waals surface area contributed by atoms with Crippen LogP contribution >= 0.6 is 0 Å². The third-order valence-electron chi connectivity index (χ3n) is 9.87. The summed E-state index contributed by atoms with van der Waals surface area (Å²) in [4.78, 5) is 10.5. The number of rotatable bonds is 8. The Hall–Kier alpha value is -4.12. The van der Waals surface area contributed by atoms with Crippen LogP contribution in [0.4, 0.5) is 0 Å². The molecule has 4 nitrogen and oxygen atoms in total.